The van der Waals surface area contributed by atoms with Gasteiger partial charge in [0.25, 0.3) is 0 Å². The molecule has 0 saturated heterocycles. The van der Waals surface area contributed by atoms with E-state index >= 15 is 0 Å². The Kier molecular flexibility index (Phi) is 4.43. The van der Waals surface area contributed by atoms with Crippen molar-refractivity contribution in [3.63, 3.8) is 0 Å². The summed E-state index contributed by atoms with van der Waals surface area (Å²) in [6, 6.07) is 13.6. The number of rotatable bonds is 4. The van der Waals surface area contributed by atoms with E-state index in [1.165, 1.54) is 52.3 Å². The Hall–Kier alpha value is -1.82. The van der Waals surface area contributed by atoms with Crippen molar-refractivity contribution in [3.05, 3.63) is 65.3 Å². The maximum absolute atomic E-state index is 2.41. The molecule has 0 amide bonds. The third-order valence-corrected chi connectivity index (χ3v) is 4.96. The van der Waals surface area contributed by atoms with E-state index < -0.39 is 0 Å². The summed E-state index contributed by atoms with van der Waals surface area (Å²) >= 11 is 0. The summed E-state index contributed by atoms with van der Waals surface area (Å²) in [5, 5.41) is 2.83. The minimum Gasteiger partial charge on any atom is -0.0725 e. The fourth-order valence-electron chi connectivity index (χ4n) is 3.43. The molecule has 2 aromatic carbocycles. The SMILES string of the molecule is CCCCc1ccc(C2=CCC(C(C)(C)C)=C2)c2ccccc12. The third-order valence-electron chi connectivity index (χ3n) is 4.96. The van der Waals surface area contributed by atoms with E-state index in [1.54, 1.807) is 0 Å². The van der Waals surface area contributed by atoms with Crippen LogP contribution < -0.4 is 0 Å². The van der Waals surface area contributed by atoms with Crippen LogP contribution in [0.5, 0.6) is 0 Å². The van der Waals surface area contributed by atoms with Crippen molar-refractivity contribution in [3.8, 4) is 0 Å². The summed E-state index contributed by atoms with van der Waals surface area (Å²) in [6.07, 6.45) is 9.59. The standard InChI is InChI=1S/C23H28/c1-5-6-9-17-13-15-21(22-11-8-7-10-20(17)22)18-12-14-19(16-18)23(2,3)4/h7-8,10-13,15-16H,5-6,9,14H2,1-4H3. The lowest BCUT2D eigenvalue weighted by Crippen LogP contribution is -2.07. The summed E-state index contributed by atoms with van der Waals surface area (Å²) in [6.45, 7) is 9.18. The second-order valence-corrected chi connectivity index (χ2v) is 7.70. The van der Waals surface area contributed by atoms with Crippen LogP contribution in [0.4, 0.5) is 0 Å². The van der Waals surface area contributed by atoms with Crippen molar-refractivity contribution in [1.29, 1.82) is 0 Å². The topological polar surface area (TPSA) is 0 Å². The fourth-order valence-corrected chi connectivity index (χ4v) is 3.43. The Balaban J connectivity index is 2.05. The van der Waals surface area contributed by atoms with E-state index in [9.17, 15) is 0 Å². The molecule has 0 heterocycles. The average molecular weight is 304 g/mol. The molecule has 0 heteroatoms. The first kappa shape index (κ1) is 16.1. The lowest BCUT2D eigenvalue weighted by Gasteiger charge is -2.20. The van der Waals surface area contributed by atoms with Gasteiger partial charge in [0.05, 0.1) is 0 Å². The van der Waals surface area contributed by atoms with Gasteiger partial charge in [-0.3, -0.25) is 0 Å². The molecule has 3 rings (SSSR count). The van der Waals surface area contributed by atoms with Crippen LogP contribution in [0.1, 0.15) is 58.1 Å². The highest BCUT2D eigenvalue weighted by Gasteiger charge is 2.21. The van der Waals surface area contributed by atoms with Crippen LogP contribution in [0.3, 0.4) is 0 Å². The molecule has 0 aliphatic heterocycles. The van der Waals surface area contributed by atoms with Gasteiger partial charge in [0, 0.05) is 0 Å². The molecule has 0 N–H and O–H groups in total. The summed E-state index contributed by atoms with van der Waals surface area (Å²) in [5.74, 6) is 0. The minimum absolute atomic E-state index is 0.259. The second kappa shape index (κ2) is 6.35. The lowest BCUT2D eigenvalue weighted by atomic mass is 9.85. The monoisotopic (exact) mass is 304 g/mol. The molecule has 0 nitrogen and oxygen atoms in total. The molecule has 0 aromatic heterocycles. The Morgan fingerprint density at radius 2 is 1.70 bits per heavy atom. The normalized spacial score (nSPS) is 15.0. The van der Waals surface area contributed by atoms with Gasteiger partial charge < -0.3 is 0 Å². The van der Waals surface area contributed by atoms with Gasteiger partial charge in [0.15, 0.2) is 0 Å². The second-order valence-electron chi connectivity index (χ2n) is 7.70. The van der Waals surface area contributed by atoms with E-state index in [2.05, 4.69) is 76.2 Å². The van der Waals surface area contributed by atoms with Gasteiger partial charge in [-0.15, -0.1) is 0 Å². The number of unbranched alkanes of at least 4 members (excludes halogenated alkanes) is 1. The fraction of sp³-hybridized carbons (Fsp3) is 0.391. The highest BCUT2D eigenvalue weighted by Crippen LogP contribution is 2.39. The van der Waals surface area contributed by atoms with E-state index in [0.717, 1.165) is 6.42 Å². The molecule has 2 aromatic rings. The largest absolute Gasteiger partial charge is 0.0725 e. The number of allylic oxidation sites excluding steroid dienone is 4. The van der Waals surface area contributed by atoms with Gasteiger partial charge in [-0.2, -0.15) is 0 Å². The summed E-state index contributed by atoms with van der Waals surface area (Å²) in [7, 11) is 0. The van der Waals surface area contributed by atoms with Crippen molar-refractivity contribution >= 4 is 16.3 Å². The van der Waals surface area contributed by atoms with Crippen LogP contribution in [0.2, 0.25) is 0 Å². The van der Waals surface area contributed by atoms with Crippen LogP contribution in [0.25, 0.3) is 16.3 Å². The first-order chi connectivity index (χ1) is 11.0. The van der Waals surface area contributed by atoms with Crippen molar-refractivity contribution < 1.29 is 0 Å². The van der Waals surface area contributed by atoms with Crippen LogP contribution in [0, 0.1) is 5.41 Å². The molecule has 0 fully saturated rings. The molecule has 23 heavy (non-hydrogen) atoms. The molecule has 0 spiro atoms. The molecule has 0 unspecified atom stereocenters. The smallest absolute Gasteiger partial charge is 0.0103 e. The molecular formula is C23H28. The number of fused-ring (bicyclic) bond motifs is 1. The first-order valence-corrected chi connectivity index (χ1v) is 8.93. The molecule has 1 aliphatic carbocycles. The first-order valence-electron chi connectivity index (χ1n) is 8.93. The van der Waals surface area contributed by atoms with Crippen molar-refractivity contribution in [1.82, 2.24) is 0 Å². The van der Waals surface area contributed by atoms with E-state index in [1.807, 2.05) is 0 Å². The molecule has 0 radical (unpaired) electrons. The zero-order valence-corrected chi connectivity index (χ0v) is 14.9. The molecule has 120 valence electrons. The van der Waals surface area contributed by atoms with Crippen LogP contribution >= 0.6 is 0 Å². The molecule has 0 saturated carbocycles. The quantitative estimate of drug-likeness (QED) is 0.573. The Labute approximate surface area is 140 Å². The van der Waals surface area contributed by atoms with Crippen molar-refractivity contribution in [2.75, 3.05) is 0 Å². The predicted octanol–water partition coefficient (Wildman–Crippen LogP) is 6.94. The van der Waals surface area contributed by atoms with Gasteiger partial charge in [0.2, 0.25) is 0 Å². The highest BCUT2D eigenvalue weighted by molar-refractivity contribution is 5.98. The van der Waals surface area contributed by atoms with E-state index in [4.69, 9.17) is 0 Å². The zero-order chi connectivity index (χ0) is 16.4. The summed E-state index contributed by atoms with van der Waals surface area (Å²) in [4.78, 5) is 0. The van der Waals surface area contributed by atoms with E-state index in [-0.39, 0.29) is 5.41 Å². The minimum atomic E-state index is 0.259. The highest BCUT2D eigenvalue weighted by atomic mass is 14.3. The van der Waals surface area contributed by atoms with Gasteiger partial charge >= 0.3 is 0 Å². The Morgan fingerprint density at radius 3 is 2.35 bits per heavy atom. The Bertz CT molecular complexity index is 766. The predicted molar refractivity (Wildman–Crippen MR) is 103 cm³/mol. The van der Waals surface area contributed by atoms with E-state index in [0.29, 0.717) is 0 Å². The van der Waals surface area contributed by atoms with Gasteiger partial charge in [-0.1, -0.05) is 88.2 Å². The van der Waals surface area contributed by atoms with Crippen LogP contribution in [-0.4, -0.2) is 0 Å². The van der Waals surface area contributed by atoms with Gasteiger partial charge in [0.1, 0.15) is 0 Å². The summed E-state index contributed by atoms with van der Waals surface area (Å²) in [5.41, 5.74) is 6.07. The maximum Gasteiger partial charge on any atom is -0.0103 e. The number of benzene rings is 2. The van der Waals surface area contributed by atoms with Crippen molar-refractivity contribution in [2.24, 2.45) is 5.41 Å². The molecule has 1 aliphatic rings. The van der Waals surface area contributed by atoms with Crippen molar-refractivity contribution in [2.45, 2.75) is 53.4 Å². The molecule has 0 bridgehead atoms. The maximum atomic E-state index is 2.41. The lowest BCUT2D eigenvalue weighted by molar-refractivity contribution is 0.496. The number of aryl methyl sites for hydroxylation is 1. The summed E-state index contributed by atoms with van der Waals surface area (Å²) < 4.78 is 0. The third kappa shape index (κ3) is 3.27. The number of hydrogen-bond donors (Lipinski definition) is 0. The molecular weight excluding hydrogens is 276 g/mol. The Morgan fingerprint density at radius 1 is 0.957 bits per heavy atom. The van der Waals surface area contributed by atoms with Gasteiger partial charge in [-0.05, 0) is 52.1 Å². The van der Waals surface area contributed by atoms with Crippen LogP contribution in [-0.2, 0) is 6.42 Å². The number of hydrogen-bond acceptors (Lipinski definition) is 0. The van der Waals surface area contributed by atoms with Crippen LogP contribution in [0.15, 0.2) is 54.1 Å². The zero-order valence-electron chi connectivity index (χ0n) is 14.9. The molecule has 0 atom stereocenters. The average Bonchev–Trinajstić information content (AvgIpc) is 3.02. The van der Waals surface area contributed by atoms with Gasteiger partial charge in [-0.25, -0.2) is 0 Å².